The van der Waals surface area contributed by atoms with Crippen LogP contribution in [0, 0.1) is 5.82 Å². The van der Waals surface area contributed by atoms with Crippen molar-refractivity contribution in [3.05, 3.63) is 35.6 Å². The number of carbonyl (C=O) groups is 1. The van der Waals surface area contributed by atoms with Gasteiger partial charge < -0.3 is 4.90 Å². The average molecular weight is 314 g/mol. The quantitative estimate of drug-likeness (QED) is 0.898. The van der Waals surface area contributed by atoms with E-state index in [1.807, 2.05) is 0 Å². The monoisotopic (exact) mass is 314 g/mol. The minimum atomic E-state index is -3.21. The lowest BCUT2D eigenvalue weighted by molar-refractivity contribution is -0.131. The van der Waals surface area contributed by atoms with Crippen LogP contribution in [0.3, 0.4) is 0 Å². The molecule has 0 saturated carbocycles. The van der Waals surface area contributed by atoms with Crippen LogP contribution in [0.1, 0.15) is 18.4 Å². The van der Waals surface area contributed by atoms with Gasteiger partial charge in [-0.15, -0.1) is 0 Å². The van der Waals surface area contributed by atoms with Gasteiger partial charge in [0.05, 0.1) is 12.7 Å². The molecule has 1 aliphatic rings. The fourth-order valence-corrected chi connectivity index (χ4v) is 3.32. The van der Waals surface area contributed by atoms with Gasteiger partial charge in [0, 0.05) is 19.1 Å². The Morgan fingerprint density at radius 2 is 2.05 bits per heavy atom. The van der Waals surface area contributed by atoms with Crippen LogP contribution in [0.25, 0.3) is 0 Å². The van der Waals surface area contributed by atoms with Crippen LogP contribution in [0.4, 0.5) is 4.39 Å². The molecule has 1 saturated heterocycles. The molecule has 116 valence electrons. The van der Waals surface area contributed by atoms with E-state index in [9.17, 15) is 17.6 Å². The Bertz CT molecular complexity index is 610. The van der Waals surface area contributed by atoms with Crippen molar-refractivity contribution in [1.29, 1.82) is 0 Å². The van der Waals surface area contributed by atoms with E-state index in [1.165, 1.54) is 12.1 Å². The second-order valence-electron chi connectivity index (χ2n) is 5.35. The van der Waals surface area contributed by atoms with Gasteiger partial charge in [0.15, 0.2) is 0 Å². The van der Waals surface area contributed by atoms with Crippen LogP contribution in [-0.2, 0) is 21.2 Å². The first kappa shape index (κ1) is 15.9. The van der Waals surface area contributed by atoms with Crippen molar-refractivity contribution in [3.8, 4) is 0 Å². The van der Waals surface area contributed by atoms with Gasteiger partial charge >= 0.3 is 0 Å². The number of hydrogen-bond acceptors (Lipinski definition) is 3. The molecule has 1 aromatic rings. The summed E-state index contributed by atoms with van der Waals surface area (Å²) in [6.45, 7) is 1.03. The van der Waals surface area contributed by atoms with Gasteiger partial charge in [-0.05, 0) is 30.5 Å². The third-order valence-corrected chi connectivity index (χ3v) is 4.23. The lowest BCUT2D eigenvalue weighted by Gasteiger charge is -2.32. The third-order valence-electron chi connectivity index (χ3n) is 3.47. The molecule has 0 unspecified atom stereocenters. The Kier molecular flexibility index (Phi) is 4.95. The Hall–Kier alpha value is -1.47. The van der Waals surface area contributed by atoms with Crippen molar-refractivity contribution in [2.24, 2.45) is 0 Å². The highest BCUT2D eigenvalue weighted by Crippen LogP contribution is 2.13. The summed E-state index contributed by atoms with van der Waals surface area (Å²) in [4.78, 5) is 13.8. The zero-order valence-corrected chi connectivity index (χ0v) is 12.7. The first-order valence-corrected chi connectivity index (χ1v) is 8.72. The summed E-state index contributed by atoms with van der Waals surface area (Å²) in [5.74, 6) is -0.408. The van der Waals surface area contributed by atoms with Gasteiger partial charge in [-0.1, -0.05) is 12.1 Å². The van der Waals surface area contributed by atoms with Crippen LogP contribution in [0.5, 0.6) is 0 Å². The number of nitrogens with one attached hydrogen (secondary N) is 1. The van der Waals surface area contributed by atoms with E-state index < -0.39 is 10.0 Å². The molecule has 7 heteroatoms. The normalized spacial score (nSPS) is 17.0. The van der Waals surface area contributed by atoms with Gasteiger partial charge in [-0.2, -0.15) is 0 Å². The maximum absolute atomic E-state index is 13.1. The number of rotatable bonds is 4. The van der Waals surface area contributed by atoms with Gasteiger partial charge in [0.2, 0.25) is 15.9 Å². The molecule has 21 heavy (non-hydrogen) atoms. The Morgan fingerprint density at radius 1 is 1.38 bits per heavy atom. The molecule has 1 heterocycles. The molecule has 0 atom stereocenters. The Labute approximate surface area is 124 Å². The molecule has 0 bridgehead atoms. The molecule has 1 aromatic carbocycles. The summed E-state index contributed by atoms with van der Waals surface area (Å²) >= 11 is 0. The minimum absolute atomic E-state index is 0.0570. The molecule has 1 amide bonds. The third kappa shape index (κ3) is 5.09. The van der Waals surface area contributed by atoms with Crippen LogP contribution >= 0.6 is 0 Å². The van der Waals surface area contributed by atoms with E-state index in [0.29, 0.717) is 31.5 Å². The van der Waals surface area contributed by atoms with Crippen molar-refractivity contribution in [1.82, 2.24) is 9.62 Å². The van der Waals surface area contributed by atoms with E-state index in [2.05, 4.69) is 4.72 Å². The molecule has 1 aliphatic heterocycles. The molecular weight excluding hydrogens is 295 g/mol. The van der Waals surface area contributed by atoms with E-state index in [4.69, 9.17) is 0 Å². The summed E-state index contributed by atoms with van der Waals surface area (Å²) in [5, 5.41) is 0. The molecule has 2 rings (SSSR count). The van der Waals surface area contributed by atoms with Crippen molar-refractivity contribution in [3.63, 3.8) is 0 Å². The number of likely N-dealkylation sites (tertiary alicyclic amines) is 1. The van der Waals surface area contributed by atoms with Crippen molar-refractivity contribution < 1.29 is 17.6 Å². The number of carbonyl (C=O) groups excluding carboxylic acids is 1. The van der Waals surface area contributed by atoms with Gasteiger partial charge in [-0.3, -0.25) is 4.79 Å². The second kappa shape index (κ2) is 6.53. The number of amides is 1. The van der Waals surface area contributed by atoms with Crippen molar-refractivity contribution in [2.45, 2.75) is 25.3 Å². The molecule has 0 spiro atoms. The van der Waals surface area contributed by atoms with Crippen LogP contribution < -0.4 is 4.72 Å². The summed E-state index contributed by atoms with van der Waals surface area (Å²) < 4.78 is 38.0. The lowest BCUT2D eigenvalue weighted by Crippen LogP contribution is -2.46. The molecule has 0 radical (unpaired) electrons. The molecular formula is C14H19FN2O3S. The maximum Gasteiger partial charge on any atom is 0.226 e. The molecule has 1 fully saturated rings. The predicted octanol–water partition coefficient (Wildman–Crippen LogP) is 0.908. The summed E-state index contributed by atoms with van der Waals surface area (Å²) in [7, 11) is -3.21. The standard InChI is InChI=1S/C14H19FN2O3S/c1-21(19,20)16-13-5-7-17(8-6-13)14(18)10-11-3-2-4-12(15)9-11/h2-4,9,13,16H,5-8,10H2,1H3. The van der Waals surface area contributed by atoms with Crippen LogP contribution in [0.15, 0.2) is 24.3 Å². The zero-order chi connectivity index (χ0) is 15.5. The number of piperidine rings is 1. The predicted molar refractivity (Wildman–Crippen MR) is 77.7 cm³/mol. The second-order valence-corrected chi connectivity index (χ2v) is 7.13. The number of nitrogens with zero attached hydrogens (tertiary/aromatic N) is 1. The average Bonchev–Trinajstić information content (AvgIpc) is 2.37. The van der Waals surface area contributed by atoms with Gasteiger partial charge in [-0.25, -0.2) is 17.5 Å². The topological polar surface area (TPSA) is 66.5 Å². The summed E-state index contributed by atoms with van der Waals surface area (Å²) in [5.41, 5.74) is 0.649. The first-order chi connectivity index (χ1) is 9.83. The summed E-state index contributed by atoms with van der Waals surface area (Å²) in [6.07, 6.45) is 2.50. The summed E-state index contributed by atoms with van der Waals surface area (Å²) in [6, 6.07) is 5.89. The molecule has 0 aliphatic carbocycles. The van der Waals surface area contributed by atoms with E-state index in [-0.39, 0.29) is 24.2 Å². The van der Waals surface area contributed by atoms with Gasteiger partial charge in [0.25, 0.3) is 0 Å². The molecule has 5 nitrogen and oxygen atoms in total. The van der Waals surface area contributed by atoms with E-state index in [1.54, 1.807) is 17.0 Å². The highest BCUT2D eigenvalue weighted by molar-refractivity contribution is 7.88. The Morgan fingerprint density at radius 3 is 2.62 bits per heavy atom. The lowest BCUT2D eigenvalue weighted by atomic mass is 10.0. The number of sulfonamides is 1. The van der Waals surface area contributed by atoms with E-state index >= 15 is 0 Å². The SMILES string of the molecule is CS(=O)(=O)NC1CCN(C(=O)Cc2cccc(F)c2)CC1. The molecule has 0 aromatic heterocycles. The Balaban J connectivity index is 1.86. The highest BCUT2D eigenvalue weighted by Gasteiger charge is 2.24. The highest BCUT2D eigenvalue weighted by atomic mass is 32.2. The molecule has 1 N–H and O–H groups in total. The number of hydrogen-bond donors (Lipinski definition) is 1. The van der Waals surface area contributed by atoms with E-state index in [0.717, 1.165) is 6.26 Å². The van der Waals surface area contributed by atoms with Gasteiger partial charge in [0.1, 0.15) is 5.82 Å². The minimum Gasteiger partial charge on any atom is -0.342 e. The van der Waals surface area contributed by atoms with Crippen LogP contribution in [0.2, 0.25) is 0 Å². The number of halogens is 1. The maximum atomic E-state index is 13.1. The fraction of sp³-hybridized carbons (Fsp3) is 0.500. The zero-order valence-electron chi connectivity index (χ0n) is 11.9. The van der Waals surface area contributed by atoms with Crippen LogP contribution in [-0.4, -0.2) is 44.6 Å². The van der Waals surface area contributed by atoms with Crippen molar-refractivity contribution >= 4 is 15.9 Å². The number of benzene rings is 1. The fourth-order valence-electron chi connectivity index (χ4n) is 2.48. The smallest absolute Gasteiger partial charge is 0.226 e. The first-order valence-electron chi connectivity index (χ1n) is 6.83. The van der Waals surface area contributed by atoms with Crippen molar-refractivity contribution in [2.75, 3.05) is 19.3 Å². The largest absolute Gasteiger partial charge is 0.342 e.